The highest BCUT2D eigenvalue weighted by atomic mass is 19.2. The summed E-state index contributed by atoms with van der Waals surface area (Å²) in [5.41, 5.74) is 0.699. The minimum absolute atomic E-state index is 0.257. The van der Waals surface area contributed by atoms with E-state index in [0.717, 1.165) is 11.6 Å². The van der Waals surface area contributed by atoms with Crippen LogP contribution < -0.4 is 15.4 Å². The van der Waals surface area contributed by atoms with Crippen molar-refractivity contribution >= 4 is 17.5 Å². The summed E-state index contributed by atoms with van der Waals surface area (Å²) in [6.07, 6.45) is 0. The highest BCUT2D eigenvalue weighted by Gasteiger charge is 2.16. The summed E-state index contributed by atoms with van der Waals surface area (Å²) < 4.78 is 45.4. The normalized spacial score (nSPS) is 10.4. The van der Waals surface area contributed by atoms with Gasteiger partial charge in [0.15, 0.2) is 17.5 Å². The summed E-state index contributed by atoms with van der Waals surface area (Å²) in [5, 5.41) is 4.44. The highest BCUT2D eigenvalue weighted by molar-refractivity contribution is 5.99. The first-order valence-corrected chi connectivity index (χ1v) is 8.92. The number of benzene rings is 3. The van der Waals surface area contributed by atoms with Crippen molar-refractivity contribution in [2.24, 2.45) is 0 Å². The molecule has 0 atom stereocenters. The zero-order valence-corrected chi connectivity index (χ0v) is 15.6. The number of hydrogen-bond acceptors (Lipinski definition) is 3. The molecule has 0 spiro atoms. The van der Waals surface area contributed by atoms with Crippen LogP contribution in [0.4, 0.5) is 18.9 Å². The number of halogens is 3. The molecule has 0 saturated carbocycles. The van der Waals surface area contributed by atoms with E-state index in [1.54, 1.807) is 12.1 Å². The smallest absolute Gasteiger partial charge is 0.251 e. The molecular formula is C22H17F3N2O3. The minimum Gasteiger partial charge on any atom is -0.489 e. The zero-order valence-electron chi connectivity index (χ0n) is 15.6. The van der Waals surface area contributed by atoms with Gasteiger partial charge in [-0.15, -0.1) is 0 Å². The van der Waals surface area contributed by atoms with E-state index < -0.39 is 41.5 Å². The van der Waals surface area contributed by atoms with Crippen molar-refractivity contribution in [2.75, 3.05) is 11.9 Å². The average Bonchev–Trinajstić information content (AvgIpc) is 2.77. The molecule has 0 fully saturated rings. The van der Waals surface area contributed by atoms with E-state index in [0.29, 0.717) is 18.4 Å². The standard InChI is InChI=1S/C22H17F3N2O3/c23-17-9-10-18(21(25)20(17)24)27-19(28)12-26-22(29)15-7-4-8-16(11-15)30-13-14-5-2-1-3-6-14/h1-11H,12-13H2,(H,26,29)(H,27,28). The summed E-state index contributed by atoms with van der Waals surface area (Å²) in [7, 11) is 0. The molecule has 0 bridgehead atoms. The van der Waals surface area contributed by atoms with Crippen LogP contribution in [0.5, 0.6) is 5.75 Å². The first-order valence-electron chi connectivity index (χ1n) is 8.92. The number of hydrogen-bond donors (Lipinski definition) is 2. The fourth-order valence-corrected chi connectivity index (χ4v) is 2.55. The molecular weight excluding hydrogens is 397 g/mol. The van der Waals surface area contributed by atoms with Gasteiger partial charge in [0.25, 0.3) is 5.91 Å². The number of nitrogens with one attached hydrogen (secondary N) is 2. The molecule has 3 aromatic rings. The molecule has 0 heterocycles. The topological polar surface area (TPSA) is 67.4 Å². The molecule has 2 N–H and O–H groups in total. The lowest BCUT2D eigenvalue weighted by atomic mass is 10.2. The van der Waals surface area contributed by atoms with E-state index >= 15 is 0 Å². The van der Waals surface area contributed by atoms with E-state index in [9.17, 15) is 22.8 Å². The Morgan fingerprint density at radius 3 is 2.40 bits per heavy atom. The molecule has 3 rings (SSSR count). The maximum absolute atomic E-state index is 13.6. The predicted octanol–water partition coefficient (Wildman–Crippen LogP) is 4.05. The molecule has 0 saturated heterocycles. The largest absolute Gasteiger partial charge is 0.489 e. The van der Waals surface area contributed by atoms with Gasteiger partial charge in [0, 0.05) is 5.56 Å². The average molecular weight is 414 g/mol. The SMILES string of the molecule is O=C(CNC(=O)c1cccc(OCc2ccccc2)c1)Nc1ccc(F)c(F)c1F. The fourth-order valence-electron chi connectivity index (χ4n) is 2.55. The number of amides is 2. The molecule has 0 radical (unpaired) electrons. The molecule has 2 amide bonds. The molecule has 5 nitrogen and oxygen atoms in total. The summed E-state index contributed by atoms with van der Waals surface area (Å²) in [6.45, 7) is -0.166. The lowest BCUT2D eigenvalue weighted by molar-refractivity contribution is -0.115. The molecule has 0 aliphatic rings. The summed E-state index contributed by atoms with van der Waals surface area (Å²) in [4.78, 5) is 24.2. The molecule has 3 aromatic carbocycles. The van der Waals surface area contributed by atoms with Gasteiger partial charge in [-0.05, 0) is 35.9 Å². The molecule has 30 heavy (non-hydrogen) atoms. The van der Waals surface area contributed by atoms with Crippen LogP contribution in [0.15, 0.2) is 66.7 Å². The van der Waals surface area contributed by atoms with Crippen molar-refractivity contribution < 1.29 is 27.5 Å². The zero-order chi connectivity index (χ0) is 21.5. The van der Waals surface area contributed by atoms with Crippen LogP contribution in [0.3, 0.4) is 0 Å². The molecule has 0 aliphatic heterocycles. The van der Waals surface area contributed by atoms with Gasteiger partial charge in [-0.25, -0.2) is 13.2 Å². The predicted molar refractivity (Wildman–Crippen MR) is 104 cm³/mol. The number of rotatable bonds is 7. The van der Waals surface area contributed by atoms with Crippen LogP contribution in [0, 0.1) is 17.5 Å². The van der Waals surface area contributed by atoms with E-state index in [1.807, 2.05) is 30.3 Å². The Morgan fingerprint density at radius 1 is 0.867 bits per heavy atom. The van der Waals surface area contributed by atoms with Gasteiger partial charge in [-0.2, -0.15) is 0 Å². The highest BCUT2D eigenvalue weighted by Crippen LogP contribution is 2.19. The Bertz CT molecular complexity index is 1060. The van der Waals surface area contributed by atoms with Crippen molar-refractivity contribution in [1.29, 1.82) is 0 Å². The van der Waals surface area contributed by atoms with Crippen molar-refractivity contribution in [3.05, 3.63) is 95.3 Å². The Hall–Kier alpha value is -3.81. The number of carbonyl (C=O) groups is 2. The third-order valence-corrected chi connectivity index (χ3v) is 4.06. The molecule has 0 aromatic heterocycles. The Kier molecular flexibility index (Phi) is 6.69. The lowest BCUT2D eigenvalue weighted by Crippen LogP contribution is -2.33. The second kappa shape index (κ2) is 9.60. The molecule has 8 heteroatoms. The summed E-state index contributed by atoms with van der Waals surface area (Å²) in [5.74, 6) is -5.46. The van der Waals surface area contributed by atoms with Crippen LogP contribution in [0.2, 0.25) is 0 Å². The Balaban J connectivity index is 1.54. The minimum atomic E-state index is -1.69. The third kappa shape index (κ3) is 5.38. The van der Waals surface area contributed by atoms with Gasteiger partial charge in [-0.3, -0.25) is 9.59 Å². The maximum Gasteiger partial charge on any atom is 0.251 e. The summed E-state index contributed by atoms with van der Waals surface area (Å²) in [6, 6.07) is 17.4. The van der Waals surface area contributed by atoms with E-state index in [1.165, 1.54) is 12.1 Å². The number of anilines is 1. The van der Waals surface area contributed by atoms with E-state index in [2.05, 4.69) is 10.6 Å². The van der Waals surface area contributed by atoms with E-state index in [-0.39, 0.29) is 5.56 Å². The fraction of sp³-hybridized carbons (Fsp3) is 0.0909. The molecule has 0 unspecified atom stereocenters. The van der Waals surface area contributed by atoms with Crippen molar-refractivity contribution in [1.82, 2.24) is 5.32 Å². The van der Waals surface area contributed by atoms with Crippen LogP contribution in [-0.2, 0) is 11.4 Å². The van der Waals surface area contributed by atoms with Crippen molar-refractivity contribution in [3.63, 3.8) is 0 Å². The Labute approximate surface area is 170 Å². The van der Waals surface area contributed by atoms with Crippen molar-refractivity contribution in [3.8, 4) is 5.75 Å². The van der Waals surface area contributed by atoms with Gasteiger partial charge in [0.1, 0.15) is 12.4 Å². The second-order valence-electron chi connectivity index (χ2n) is 6.26. The van der Waals surface area contributed by atoms with Crippen LogP contribution in [-0.4, -0.2) is 18.4 Å². The number of ether oxygens (including phenoxy) is 1. The second-order valence-corrected chi connectivity index (χ2v) is 6.26. The first kappa shape index (κ1) is 20.9. The van der Waals surface area contributed by atoms with Crippen LogP contribution in [0.1, 0.15) is 15.9 Å². The molecule has 0 aliphatic carbocycles. The number of carbonyl (C=O) groups excluding carboxylic acids is 2. The lowest BCUT2D eigenvalue weighted by Gasteiger charge is -2.10. The van der Waals surface area contributed by atoms with Gasteiger partial charge in [-0.1, -0.05) is 36.4 Å². The van der Waals surface area contributed by atoms with Gasteiger partial charge in [0.05, 0.1) is 12.2 Å². The van der Waals surface area contributed by atoms with Gasteiger partial charge in [0.2, 0.25) is 5.91 Å². The van der Waals surface area contributed by atoms with E-state index in [4.69, 9.17) is 4.74 Å². The van der Waals surface area contributed by atoms with Crippen LogP contribution in [0.25, 0.3) is 0 Å². The maximum atomic E-state index is 13.6. The quantitative estimate of drug-likeness (QED) is 0.573. The molecule has 154 valence electrons. The first-order chi connectivity index (χ1) is 14.4. The third-order valence-electron chi connectivity index (χ3n) is 4.06. The van der Waals surface area contributed by atoms with Gasteiger partial charge < -0.3 is 15.4 Å². The summed E-state index contributed by atoms with van der Waals surface area (Å²) >= 11 is 0. The van der Waals surface area contributed by atoms with Crippen LogP contribution >= 0.6 is 0 Å². The monoisotopic (exact) mass is 414 g/mol. The Morgan fingerprint density at radius 2 is 1.63 bits per heavy atom. The van der Waals surface area contributed by atoms with Crippen molar-refractivity contribution in [2.45, 2.75) is 6.61 Å². The van der Waals surface area contributed by atoms with Gasteiger partial charge >= 0.3 is 0 Å².